The molecule has 0 bridgehead atoms. The van der Waals surface area contributed by atoms with E-state index in [0.29, 0.717) is 12.0 Å². The topological polar surface area (TPSA) is 41.6 Å². The molecule has 0 aliphatic carbocycles. The fourth-order valence-corrected chi connectivity index (χ4v) is 3.13. The van der Waals surface area contributed by atoms with Gasteiger partial charge in [0.05, 0.1) is 0 Å². The number of carbonyl (C=O) groups is 1. The molecule has 0 aromatic rings. The van der Waals surface area contributed by atoms with Crippen molar-refractivity contribution >= 4 is 6.09 Å². The summed E-state index contributed by atoms with van der Waals surface area (Å²) < 4.78 is 5.49. The van der Waals surface area contributed by atoms with Crippen molar-refractivity contribution in [1.29, 1.82) is 0 Å². The summed E-state index contributed by atoms with van der Waals surface area (Å²) in [5.41, 5.74) is -0.403. The number of piperidine rings is 1. The summed E-state index contributed by atoms with van der Waals surface area (Å²) in [6.45, 7) is 13.1. The zero-order valence-corrected chi connectivity index (χ0v) is 16.0. The van der Waals surface area contributed by atoms with Gasteiger partial charge in [0, 0.05) is 19.1 Å². The van der Waals surface area contributed by atoms with Gasteiger partial charge in [-0.05, 0) is 65.8 Å². The van der Waals surface area contributed by atoms with E-state index in [1.807, 2.05) is 25.7 Å². The molecular weight excluding hydrogens is 288 g/mol. The third-order valence-electron chi connectivity index (χ3n) is 4.46. The van der Waals surface area contributed by atoms with Crippen LogP contribution in [0, 0.1) is 5.92 Å². The van der Waals surface area contributed by atoms with Crippen molar-refractivity contribution in [2.24, 2.45) is 5.92 Å². The number of nitrogens with one attached hydrogen (secondary N) is 1. The molecule has 4 heteroatoms. The highest BCUT2D eigenvalue weighted by Crippen LogP contribution is 2.21. The van der Waals surface area contributed by atoms with Crippen LogP contribution < -0.4 is 5.32 Å². The van der Waals surface area contributed by atoms with Crippen LogP contribution in [0.3, 0.4) is 0 Å². The average Bonchev–Trinajstić information content (AvgIpc) is 2.46. The van der Waals surface area contributed by atoms with Crippen LogP contribution in [-0.4, -0.2) is 42.3 Å². The molecule has 0 aromatic heterocycles. The van der Waals surface area contributed by atoms with Crippen LogP contribution in [0.2, 0.25) is 0 Å². The summed E-state index contributed by atoms with van der Waals surface area (Å²) in [5, 5.41) is 3.64. The molecule has 1 amide bonds. The van der Waals surface area contributed by atoms with Crippen LogP contribution in [0.4, 0.5) is 4.79 Å². The third kappa shape index (κ3) is 9.19. The number of amides is 1. The highest BCUT2D eigenvalue weighted by molar-refractivity contribution is 5.68. The molecule has 0 saturated carbocycles. The highest BCUT2D eigenvalue weighted by atomic mass is 16.6. The van der Waals surface area contributed by atoms with E-state index in [2.05, 4.69) is 19.2 Å². The minimum absolute atomic E-state index is 0.150. The zero-order chi connectivity index (χ0) is 17.3. The first-order valence-electron chi connectivity index (χ1n) is 9.53. The second-order valence-electron chi connectivity index (χ2n) is 8.07. The largest absolute Gasteiger partial charge is 0.444 e. The molecule has 0 aromatic carbocycles. The minimum Gasteiger partial charge on any atom is -0.444 e. The van der Waals surface area contributed by atoms with Gasteiger partial charge in [-0.3, -0.25) is 0 Å². The third-order valence-corrected chi connectivity index (χ3v) is 4.46. The number of nitrogens with zero attached hydrogens (tertiary/aromatic N) is 1. The summed E-state index contributed by atoms with van der Waals surface area (Å²) >= 11 is 0. The first-order valence-corrected chi connectivity index (χ1v) is 9.53. The normalized spacial score (nSPS) is 20.4. The molecule has 1 saturated heterocycles. The lowest BCUT2D eigenvalue weighted by Gasteiger charge is -2.34. The van der Waals surface area contributed by atoms with Gasteiger partial charge in [0.2, 0.25) is 0 Å². The molecule has 23 heavy (non-hydrogen) atoms. The zero-order valence-electron chi connectivity index (χ0n) is 16.0. The second kappa shape index (κ2) is 10.2. The molecule has 0 spiro atoms. The molecule has 136 valence electrons. The van der Waals surface area contributed by atoms with E-state index in [9.17, 15) is 4.79 Å². The number of likely N-dealkylation sites (tertiary alicyclic amines) is 1. The maximum atomic E-state index is 12.2. The molecule has 2 unspecified atom stereocenters. The van der Waals surface area contributed by atoms with E-state index < -0.39 is 5.60 Å². The van der Waals surface area contributed by atoms with Gasteiger partial charge in [-0.25, -0.2) is 4.79 Å². The quantitative estimate of drug-likeness (QED) is 0.664. The van der Waals surface area contributed by atoms with Crippen molar-refractivity contribution in [1.82, 2.24) is 10.2 Å². The summed E-state index contributed by atoms with van der Waals surface area (Å²) in [7, 11) is 0. The Hall–Kier alpha value is -0.770. The predicted molar refractivity (Wildman–Crippen MR) is 96.8 cm³/mol. The molecule has 1 aliphatic rings. The Morgan fingerprint density at radius 2 is 2.09 bits per heavy atom. The summed E-state index contributed by atoms with van der Waals surface area (Å²) in [4.78, 5) is 14.1. The van der Waals surface area contributed by atoms with E-state index in [0.717, 1.165) is 32.5 Å². The van der Waals surface area contributed by atoms with Gasteiger partial charge in [0.25, 0.3) is 0 Å². The van der Waals surface area contributed by atoms with Crippen LogP contribution in [0.15, 0.2) is 0 Å². The van der Waals surface area contributed by atoms with Crippen molar-refractivity contribution in [2.75, 3.05) is 19.6 Å². The molecular formula is C19H38N2O2. The molecule has 0 radical (unpaired) electrons. The minimum atomic E-state index is -0.403. The van der Waals surface area contributed by atoms with Crippen molar-refractivity contribution in [3.63, 3.8) is 0 Å². The molecule has 1 heterocycles. The first kappa shape index (κ1) is 20.3. The SMILES string of the molecule is CCCCCC(C)NCCC1CCCN(C(=O)OC(C)(C)C)C1. The Labute approximate surface area is 143 Å². The Morgan fingerprint density at radius 3 is 2.74 bits per heavy atom. The van der Waals surface area contributed by atoms with E-state index in [1.54, 1.807) is 0 Å². The summed E-state index contributed by atoms with van der Waals surface area (Å²) in [6, 6.07) is 0.604. The number of carbonyl (C=O) groups excluding carboxylic acids is 1. The van der Waals surface area contributed by atoms with E-state index in [1.165, 1.54) is 32.1 Å². The monoisotopic (exact) mass is 326 g/mol. The number of unbranched alkanes of at least 4 members (excludes halogenated alkanes) is 2. The second-order valence-corrected chi connectivity index (χ2v) is 8.07. The Kier molecular flexibility index (Phi) is 8.96. The molecule has 1 aliphatic heterocycles. The maximum Gasteiger partial charge on any atom is 0.410 e. The van der Waals surface area contributed by atoms with E-state index in [4.69, 9.17) is 4.74 Å². The molecule has 1 fully saturated rings. The van der Waals surface area contributed by atoms with Gasteiger partial charge in [-0.1, -0.05) is 26.2 Å². The van der Waals surface area contributed by atoms with Crippen molar-refractivity contribution in [2.45, 2.75) is 91.2 Å². The lowest BCUT2D eigenvalue weighted by atomic mass is 9.95. The highest BCUT2D eigenvalue weighted by Gasteiger charge is 2.27. The number of rotatable bonds is 8. The Balaban J connectivity index is 2.23. The van der Waals surface area contributed by atoms with Gasteiger partial charge < -0.3 is 15.0 Å². The van der Waals surface area contributed by atoms with Crippen LogP contribution in [0.1, 0.15) is 79.6 Å². The molecule has 1 N–H and O–H groups in total. The lowest BCUT2D eigenvalue weighted by Crippen LogP contribution is -2.43. The van der Waals surface area contributed by atoms with E-state index >= 15 is 0 Å². The van der Waals surface area contributed by atoms with Crippen molar-refractivity contribution in [3.8, 4) is 0 Å². The fourth-order valence-electron chi connectivity index (χ4n) is 3.13. The Bertz CT molecular complexity index is 339. The van der Waals surface area contributed by atoms with Gasteiger partial charge in [0.15, 0.2) is 0 Å². The van der Waals surface area contributed by atoms with Crippen LogP contribution >= 0.6 is 0 Å². The van der Waals surface area contributed by atoms with Crippen LogP contribution in [0.25, 0.3) is 0 Å². The number of hydrogen-bond acceptors (Lipinski definition) is 3. The number of ether oxygens (including phenoxy) is 1. The standard InChI is InChI=1S/C19H38N2O2/c1-6-7-8-10-16(2)20-13-12-17-11-9-14-21(15-17)18(22)23-19(3,4)5/h16-17,20H,6-15H2,1-5H3. The molecule has 4 nitrogen and oxygen atoms in total. The van der Waals surface area contributed by atoms with Gasteiger partial charge >= 0.3 is 6.09 Å². The summed E-state index contributed by atoms with van der Waals surface area (Å²) in [6.07, 6.45) is 8.53. The summed E-state index contributed by atoms with van der Waals surface area (Å²) in [5.74, 6) is 0.603. The lowest BCUT2D eigenvalue weighted by molar-refractivity contribution is 0.0161. The smallest absolute Gasteiger partial charge is 0.410 e. The van der Waals surface area contributed by atoms with E-state index in [-0.39, 0.29) is 6.09 Å². The molecule has 1 rings (SSSR count). The van der Waals surface area contributed by atoms with Crippen molar-refractivity contribution < 1.29 is 9.53 Å². The number of hydrogen-bond donors (Lipinski definition) is 1. The maximum absolute atomic E-state index is 12.2. The predicted octanol–water partition coefficient (Wildman–Crippen LogP) is 4.58. The van der Waals surface area contributed by atoms with Gasteiger partial charge in [0.1, 0.15) is 5.60 Å². The fraction of sp³-hybridized carbons (Fsp3) is 0.947. The van der Waals surface area contributed by atoms with Crippen LogP contribution in [0.5, 0.6) is 0 Å². The average molecular weight is 327 g/mol. The Morgan fingerprint density at radius 1 is 1.35 bits per heavy atom. The van der Waals surface area contributed by atoms with Crippen molar-refractivity contribution in [3.05, 3.63) is 0 Å². The molecule has 2 atom stereocenters. The van der Waals surface area contributed by atoms with Crippen LogP contribution in [-0.2, 0) is 4.74 Å². The first-order chi connectivity index (χ1) is 10.8. The van der Waals surface area contributed by atoms with Gasteiger partial charge in [-0.2, -0.15) is 0 Å². The van der Waals surface area contributed by atoms with Gasteiger partial charge in [-0.15, -0.1) is 0 Å².